The third-order valence-corrected chi connectivity index (χ3v) is 2.67. The number of aryl methyl sites for hydroxylation is 1. The van der Waals surface area contributed by atoms with Crippen LogP contribution in [0, 0.1) is 5.82 Å². The molecular formula is C12H16ClFN2O2. The molecule has 1 amide bonds. The largest absolute Gasteiger partial charge is 0.465 e. The van der Waals surface area contributed by atoms with Crippen LogP contribution in [0.25, 0.3) is 0 Å². The summed E-state index contributed by atoms with van der Waals surface area (Å²) in [5.41, 5.74) is -0.290. The standard InChI is InChI=1S/C12H16ClFN2O2/c1-5-7-6-8(9(14)10(13)15-7)16(11(17)18)12(2,3)4/h6H,5H2,1-4H3,(H,17,18). The van der Waals surface area contributed by atoms with Crippen LogP contribution < -0.4 is 4.90 Å². The zero-order valence-electron chi connectivity index (χ0n) is 10.8. The number of aromatic nitrogens is 1. The van der Waals surface area contributed by atoms with E-state index in [1.807, 2.05) is 6.92 Å². The fourth-order valence-corrected chi connectivity index (χ4v) is 1.83. The van der Waals surface area contributed by atoms with E-state index in [0.717, 1.165) is 4.90 Å². The van der Waals surface area contributed by atoms with Crippen molar-refractivity contribution in [1.29, 1.82) is 0 Å². The van der Waals surface area contributed by atoms with E-state index in [-0.39, 0.29) is 10.8 Å². The second-order valence-electron chi connectivity index (χ2n) is 4.88. The highest BCUT2D eigenvalue weighted by atomic mass is 35.5. The van der Waals surface area contributed by atoms with Gasteiger partial charge < -0.3 is 5.11 Å². The van der Waals surface area contributed by atoms with Gasteiger partial charge in [0.25, 0.3) is 0 Å². The molecule has 0 saturated heterocycles. The minimum atomic E-state index is -1.23. The van der Waals surface area contributed by atoms with Gasteiger partial charge in [-0.2, -0.15) is 0 Å². The van der Waals surface area contributed by atoms with E-state index < -0.39 is 17.4 Å². The Morgan fingerprint density at radius 1 is 1.56 bits per heavy atom. The van der Waals surface area contributed by atoms with Crippen molar-refractivity contribution >= 4 is 23.4 Å². The summed E-state index contributed by atoms with van der Waals surface area (Å²) in [6.07, 6.45) is -0.685. The van der Waals surface area contributed by atoms with Crippen LogP contribution in [0.2, 0.25) is 5.15 Å². The van der Waals surface area contributed by atoms with Crippen molar-refractivity contribution in [2.75, 3.05) is 4.90 Å². The molecule has 18 heavy (non-hydrogen) atoms. The van der Waals surface area contributed by atoms with Crippen LogP contribution in [0.1, 0.15) is 33.4 Å². The van der Waals surface area contributed by atoms with Crippen LogP contribution in [0.4, 0.5) is 14.9 Å². The molecule has 1 heterocycles. The van der Waals surface area contributed by atoms with Crippen LogP contribution in [0.3, 0.4) is 0 Å². The van der Waals surface area contributed by atoms with Gasteiger partial charge in [-0.25, -0.2) is 14.2 Å². The molecule has 4 nitrogen and oxygen atoms in total. The Hall–Kier alpha value is -1.36. The fourth-order valence-electron chi connectivity index (χ4n) is 1.63. The number of anilines is 1. The van der Waals surface area contributed by atoms with Gasteiger partial charge in [0.1, 0.15) is 0 Å². The Labute approximate surface area is 110 Å². The topological polar surface area (TPSA) is 53.4 Å². The van der Waals surface area contributed by atoms with E-state index in [4.69, 9.17) is 11.6 Å². The van der Waals surface area contributed by atoms with Crippen molar-refractivity contribution in [3.63, 3.8) is 0 Å². The zero-order chi connectivity index (χ0) is 14.1. The molecule has 0 aliphatic carbocycles. The molecule has 1 rings (SSSR count). The third-order valence-electron chi connectivity index (χ3n) is 2.42. The molecule has 0 fully saturated rings. The Balaban J connectivity index is 3.46. The maximum absolute atomic E-state index is 14.0. The smallest absolute Gasteiger partial charge is 0.412 e. The quantitative estimate of drug-likeness (QED) is 0.836. The number of hydrogen-bond donors (Lipinski definition) is 1. The number of rotatable bonds is 2. The second kappa shape index (κ2) is 5.10. The van der Waals surface area contributed by atoms with E-state index in [0.29, 0.717) is 12.1 Å². The summed E-state index contributed by atoms with van der Waals surface area (Å²) < 4.78 is 14.0. The first kappa shape index (κ1) is 14.7. The summed E-state index contributed by atoms with van der Waals surface area (Å²) in [5, 5.41) is 8.93. The van der Waals surface area contributed by atoms with Gasteiger partial charge in [0.05, 0.1) is 5.69 Å². The highest BCUT2D eigenvalue weighted by Gasteiger charge is 2.31. The molecule has 0 saturated carbocycles. The SMILES string of the molecule is CCc1cc(N(C(=O)O)C(C)(C)C)c(F)c(Cl)n1. The Morgan fingerprint density at radius 2 is 2.11 bits per heavy atom. The predicted molar refractivity (Wildman–Crippen MR) is 68.8 cm³/mol. The monoisotopic (exact) mass is 274 g/mol. The molecule has 0 bridgehead atoms. The average Bonchev–Trinajstić information content (AvgIpc) is 2.21. The molecule has 1 aromatic heterocycles. The van der Waals surface area contributed by atoms with Gasteiger partial charge in [0, 0.05) is 11.2 Å². The van der Waals surface area contributed by atoms with Gasteiger partial charge >= 0.3 is 6.09 Å². The predicted octanol–water partition coefficient (Wildman–Crippen LogP) is 3.72. The minimum Gasteiger partial charge on any atom is -0.465 e. The molecule has 100 valence electrons. The number of nitrogens with zero attached hydrogens (tertiary/aromatic N) is 2. The van der Waals surface area contributed by atoms with Crippen molar-refractivity contribution in [1.82, 2.24) is 4.98 Å². The number of pyridine rings is 1. The second-order valence-corrected chi connectivity index (χ2v) is 5.24. The molecule has 1 aromatic rings. The Morgan fingerprint density at radius 3 is 2.50 bits per heavy atom. The van der Waals surface area contributed by atoms with E-state index in [9.17, 15) is 14.3 Å². The summed E-state index contributed by atoms with van der Waals surface area (Å²) in [6.45, 7) is 6.88. The highest BCUT2D eigenvalue weighted by Crippen LogP contribution is 2.30. The maximum Gasteiger partial charge on any atom is 0.412 e. The lowest BCUT2D eigenvalue weighted by Crippen LogP contribution is -2.45. The molecule has 0 aliphatic rings. The molecule has 0 spiro atoms. The molecule has 0 aliphatic heterocycles. The molecule has 0 atom stereocenters. The first-order valence-electron chi connectivity index (χ1n) is 5.56. The van der Waals surface area contributed by atoms with Crippen LogP contribution >= 0.6 is 11.6 Å². The first-order valence-corrected chi connectivity index (χ1v) is 5.94. The van der Waals surface area contributed by atoms with Crippen LogP contribution in [-0.4, -0.2) is 21.7 Å². The third kappa shape index (κ3) is 2.90. The summed E-state index contributed by atoms with van der Waals surface area (Å²) in [4.78, 5) is 16.1. The van der Waals surface area contributed by atoms with Crippen molar-refractivity contribution in [2.45, 2.75) is 39.7 Å². The van der Waals surface area contributed by atoms with Gasteiger partial charge in [-0.05, 0) is 33.3 Å². The molecule has 0 radical (unpaired) electrons. The van der Waals surface area contributed by atoms with Crippen LogP contribution in [0.5, 0.6) is 0 Å². The van der Waals surface area contributed by atoms with Gasteiger partial charge in [0.15, 0.2) is 11.0 Å². The van der Waals surface area contributed by atoms with Gasteiger partial charge in [0.2, 0.25) is 0 Å². The van der Waals surface area contributed by atoms with Crippen molar-refractivity contribution < 1.29 is 14.3 Å². The Kier molecular flexibility index (Phi) is 4.16. The minimum absolute atomic E-state index is 0.0631. The average molecular weight is 275 g/mol. The normalized spacial score (nSPS) is 11.4. The van der Waals surface area contributed by atoms with Gasteiger partial charge in [-0.3, -0.25) is 4.90 Å². The fraction of sp³-hybridized carbons (Fsp3) is 0.500. The lowest BCUT2D eigenvalue weighted by Gasteiger charge is -2.33. The molecule has 0 unspecified atom stereocenters. The summed E-state index contributed by atoms with van der Waals surface area (Å²) in [6, 6.07) is 1.42. The summed E-state index contributed by atoms with van der Waals surface area (Å²) in [7, 11) is 0. The van der Waals surface area contributed by atoms with Crippen molar-refractivity contribution in [3.8, 4) is 0 Å². The van der Waals surface area contributed by atoms with E-state index in [2.05, 4.69) is 4.98 Å². The van der Waals surface area contributed by atoms with Crippen LogP contribution in [0.15, 0.2) is 6.07 Å². The van der Waals surface area contributed by atoms with E-state index in [1.165, 1.54) is 6.07 Å². The Bertz CT molecular complexity index is 472. The zero-order valence-corrected chi connectivity index (χ0v) is 11.5. The number of hydrogen-bond acceptors (Lipinski definition) is 2. The van der Waals surface area contributed by atoms with Gasteiger partial charge in [-0.1, -0.05) is 18.5 Å². The van der Waals surface area contributed by atoms with E-state index in [1.54, 1.807) is 20.8 Å². The maximum atomic E-state index is 14.0. The van der Waals surface area contributed by atoms with Crippen molar-refractivity contribution in [2.24, 2.45) is 0 Å². The first-order chi connectivity index (χ1) is 8.18. The molecular weight excluding hydrogens is 259 g/mol. The number of carbonyl (C=O) groups is 1. The van der Waals surface area contributed by atoms with Crippen molar-refractivity contribution in [3.05, 3.63) is 22.7 Å². The number of carboxylic acid groups (broad SMARTS) is 1. The summed E-state index contributed by atoms with van der Waals surface area (Å²) >= 11 is 5.69. The lowest BCUT2D eigenvalue weighted by molar-refractivity contribution is 0.195. The molecule has 0 aromatic carbocycles. The van der Waals surface area contributed by atoms with Crippen LogP contribution in [-0.2, 0) is 6.42 Å². The molecule has 6 heteroatoms. The van der Waals surface area contributed by atoms with E-state index >= 15 is 0 Å². The number of amides is 1. The summed E-state index contributed by atoms with van der Waals surface area (Å²) in [5.74, 6) is -0.814. The lowest BCUT2D eigenvalue weighted by atomic mass is 10.1. The highest BCUT2D eigenvalue weighted by molar-refractivity contribution is 6.29. The van der Waals surface area contributed by atoms with Gasteiger partial charge in [-0.15, -0.1) is 0 Å². The number of halogens is 2. The molecule has 1 N–H and O–H groups in total.